The van der Waals surface area contributed by atoms with Crippen molar-refractivity contribution in [2.75, 3.05) is 0 Å². The van der Waals surface area contributed by atoms with Gasteiger partial charge in [-0.3, -0.25) is 5.41 Å². The smallest absolute Gasteiger partial charge is 0.124 e. The fraction of sp³-hybridized carbons (Fsp3) is 0.500. The number of hydrogen-bond donors (Lipinski definition) is 2. The summed E-state index contributed by atoms with van der Waals surface area (Å²) in [5, 5.41) is 7.85. The van der Waals surface area contributed by atoms with Crippen LogP contribution in [0.2, 0.25) is 5.02 Å². The van der Waals surface area contributed by atoms with Crippen LogP contribution in [0, 0.1) is 11.3 Å². The molecule has 3 nitrogen and oxygen atoms in total. The molecule has 1 fully saturated rings. The van der Waals surface area contributed by atoms with Gasteiger partial charge in [0.2, 0.25) is 0 Å². The van der Waals surface area contributed by atoms with Crippen molar-refractivity contribution < 1.29 is 4.74 Å². The average Bonchev–Trinajstić information content (AvgIpc) is 2.32. The lowest BCUT2D eigenvalue weighted by Crippen LogP contribution is -2.23. The first-order valence-corrected chi connectivity index (χ1v) is 6.74. The minimum atomic E-state index is -0.0157. The molecule has 3 N–H and O–H groups in total. The number of ether oxygens (including phenoxy) is 1. The zero-order chi connectivity index (χ0) is 13.1. The van der Waals surface area contributed by atoms with E-state index >= 15 is 0 Å². The molecule has 2 rings (SSSR count). The molecule has 0 saturated heterocycles. The number of rotatable bonds is 3. The van der Waals surface area contributed by atoms with Gasteiger partial charge >= 0.3 is 0 Å². The van der Waals surface area contributed by atoms with E-state index in [0.717, 1.165) is 24.5 Å². The Bertz CT molecular complexity index is 439. The molecule has 0 radical (unpaired) electrons. The number of benzene rings is 1. The number of nitrogens with two attached hydrogens (primary N) is 1. The molecule has 0 unspecified atom stereocenters. The second-order valence-electron chi connectivity index (χ2n) is 5.06. The van der Waals surface area contributed by atoms with E-state index in [0.29, 0.717) is 16.7 Å². The first-order chi connectivity index (χ1) is 8.56. The van der Waals surface area contributed by atoms with Crippen molar-refractivity contribution in [1.82, 2.24) is 0 Å². The van der Waals surface area contributed by atoms with Gasteiger partial charge in [-0.1, -0.05) is 18.5 Å². The lowest BCUT2D eigenvalue weighted by molar-refractivity contribution is 0.135. The monoisotopic (exact) mass is 266 g/mol. The minimum absolute atomic E-state index is 0.0157. The maximum absolute atomic E-state index is 7.37. The molecule has 0 aliphatic heterocycles. The van der Waals surface area contributed by atoms with Crippen molar-refractivity contribution in [3.8, 4) is 5.75 Å². The van der Waals surface area contributed by atoms with E-state index in [1.54, 1.807) is 12.1 Å². The lowest BCUT2D eigenvalue weighted by atomic mass is 9.89. The van der Waals surface area contributed by atoms with Crippen molar-refractivity contribution in [2.45, 2.75) is 38.7 Å². The Balaban J connectivity index is 2.02. The van der Waals surface area contributed by atoms with E-state index < -0.39 is 0 Å². The van der Waals surface area contributed by atoms with Crippen LogP contribution in [0.5, 0.6) is 5.75 Å². The molecule has 1 saturated carbocycles. The summed E-state index contributed by atoms with van der Waals surface area (Å²) in [6.45, 7) is 2.29. The van der Waals surface area contributed by atoms with Crippen LogP contribution in [-0.4, -0.2) is 11.9 Å². The molecule has 0 aromatic heterocycles. The van der Waals surface area contributed by atoms with E-state index in [1.165, 1.54) is 12.8 Å². The minimum Gasteiger partial charge on any atom is -0.490 e. The largest absolute Gasteiger partial charge is 0.490 e. The van der Waals surface area contributed by atoms with Crippen molar-refractivity contribution >= 4 is 17.4 Å². The van der Waals surface area contributed by atoms with Gasteiger partial charge in [0.25, 0.3) is 0 Å². The summed E-state index contributed by atoms with van der Waals surface area (Å²) in [5.41, 5.74) is 5.98. The highest BCUT2D eigenvalue weighted by atomic mass is 35.5. The fourth-order valence-corrected chi connectivity index (χ4v) is 2.60. The normalized spacial score (nSPS) is 23.7. The van der Waals surface area contributed by atoms with Crippen LogP contribution in [0.25, 0.3) is 0 Å². The van der Waals surface area contributed by atoms with E-state index in [9.17, 15) is 0 Å². The number of amidine groups is 1. The van der Waals surface area contributed by atoms with Crippen molar-refractivity contribution in [1.29, 1.82) is 5.41 Å². The molecular formula is C14H19ClN2O. The summed E-state index contributed by atoms with van der Waals surface area (Å²) in [4.78, 5) is 0. The highest BCUT2D eigenvalue weighted by Gasteiger charge is 2.19. The van der Waals surface area contributed by atoms with Crippen LogP contribution in [0.15, 0.2) is 18.2 Å². The molecule has 1 aliphatic rings. The Morgan fingerprint density at radius 2 is 2.00 bits per heavy atom. The second-order valence-corrected chi connectivity index (χ2v) is 5.46. The van der Waals surface area contributed by atoms with Crippen molar-refractivity contribution in [3.63, 3.8) is 0 Å². The molecule has 98 valence electrons. The van der Waals surface area contributed by atoms with E-state index in [2.05, 4.69) is 6.92 Å². The van der Waals surface area contributed by atoms with Gasteiger partial charge in [0, 0.05) is 5.56 Å². The van der Waals surface area contributed by atoms with Gasteiger partial charge in [-0.25, -0.2) is 0 Å². The lowest BCUT2D eigenvalue weighted by Gasteiger charge is -2.27. The van der Waals surface area contributed by atoms with Crippen LogP contribution in [0.3, 0.4) is 0 Å². The fourth-order valence-electron chi connectivity index (χ4n) is 2.33. The first kappa shape index (κ1) is 13.2. The van der Waals surface area contributed by atoms with Crippen molar-refractivity contribution in [3.05, 3.63) is 28.8 Å². The van der Waals surface area contributed by atoms with Crippen LogP contribution >= 0.6 is 11.6 Å². The highest BCUT2D eigenvalue weighted by molar-refractivity contribution is 6.34. The average molecular weight is 267 g/mol. The van der Waals surface area contributed by atoms with E-state index in [4.69, 9.17) is 27.5 Å². The van der Waals surface area contributed by atoms with E-state index in [-0.39, 0.29) is 5.84 Å². The molecule has 1 aromatic carbocycles. The third kappa shape index (κ3) is 3.16. The van der Waals surface area contributed by atoms with Gasteiger partial charge < -0.3 is 10.5 Å². The summed E-state index contributed by atoms with van der Waals surface area (Å²) in [6.07, 6.45) is 4.95. The summed E-state index contributed by atoms with van der Waals surface area (Å²) < 4.78 is 5.92. The Hall–Kier alpha value is -1.22. The predicted molar refractivity (Wildman–Crippen MR) is 74.5 cm³/mol. The zero-order valence-electron chi connectivity index (χ0n) is 10.6. The van der Waals surface area contributed by atoms with Gasteiger partial charge in [-0.2, -0.15) is 0 Å². The summed E-state index contributed by atoms with van der Waals surface area (Å²) in [5.74, 6) is 1.57. The highest BCUT2D eigenvalue weighted by Crippen LogP contribution is 2.29. The van der Waals surface area contributed by atoms with Crippen molar-refractivity contribution in [2.24, 2.45) is 11.7 Å². The van der Waals surface area contributed by atoms with Crippen LogP contribution in [0.4, 0.5) is 0 Å². The molecular weight excluding hydrogens is 248 g/mol. The summed E-state index contributed by atoms with van der Waals surface area (Å²) in [6, 6.07) is 5.32. The van der Waals surface area contributed by atoms with Gasteiger partial charge in [0.15, 0.2) is 0 Å². The topological polar surface area (TPSA) is 59.1 Å². The van der Waals surface area contributed by atoms with Gasteiger partial charge in [-0.15, -0.1) is 0 Å². The zero-order valence-corrected chi connectivity index (χ0v) is 11.3. The van der Waals surface area contributed by atoms with Gasteiger partial charge in [0.05, 0.1) is 11.1 Å². The maximum atomic E-state index is 7.37. The quantitative estimate of drug-likeness (QED) is 0.649. The molecule has 0 bridgehead atoms. The maximum Gasteiger partial charge on any atom is 0.124 e. The van der Waals surface area contributed by atoms with Gasteiger partial charge in [-0.05, 0) is 49.8 Å². The number of nitrogen functional groups attached to an aromatic ring is 1. The molecule has 1 aromatic rings. The van der Waals surface area contributed by atoms with E-state index in [1.807, 2.05) is 6.07 Å². The summed E-state index contributed by atoms with van der Waals surface area (Å²) in [7, 11) is 0. The Kier molecular flexibility index (Phi) is 4.12. The number of halogens is 1. The third-order valence-corrected chi connectivity index (χ3v) is 3.81. The van der Waals surface area contributed by atoms with Crippen LogP contribution < -0.4 is 10.5 Å². The Morgan fingerprint density at radius 3 is 2.56 bits per heavy atom. The summed E-state index contributed by atoms with van der Waals surface area (Å²) >= 11 is 6.06. The molecule has 0 amide bonds. The number of hydrogen-bond acceptors (Lipinski definition) is 2. The Morgan fingerprint density at radius 1 is 1.33 bits per heavy atom. The van der Waals surface area contributed by atoms with Gasteiger partial charge in [0.1, 0.15) is 11.6 Å². The molecule has 18 heavy (non-hydrogen) atoms. The molecule has 0 heterocycles. The van der Waals surface area contributed by atoms with Crippen LogP contribution in [-0.2, 0) is 0 Å². The molecule has 0 spiro atoms. The standard InChI is InChI=1S/C14H19ClN2O/c1-9-2-4-10(5-3-9)18-11-6-7-12(14(16)17)13(15)8-11/h6-10H,2-5H2,1H3,(H3,16,17). The molecule has 4 heteroatoms. The first-order valence-electron chi connectivity index (χ1n) is 6.37. The second kappa shape index (κ2) is 5.61. The third-order valence-electron chi connectivity index (χ3n) is 3.50. The predicted octanol–water partition coefficient (Wildman–Crippen LogP) is 3.58. The molecule has 1 aliphatic carbocycles. The Labute approximate surface area is 113 Å². The van der Waals surface area contributed by atoms with Crippen LogP contribution in [0.1, 0.15) is 38.2 Å². The molecule has 0 atom stereocenters. The number of nitrogens with one attached hydrogen (secondary N) is 1. The SMILES string of the molecule is CC1CCC(Oc2ccc(C(=N)N)c(Cl)c2)CC1.